The Morgan fingerprint density at radius 2 is 1.80 bits per heavy atom. The van der Waals surface area contributed by atoms with Gasteiger partial charge in [0.25, 0.3) is 0 Å². The van der Waals surface area contributed by atoms with Crippen molar-refractivity contribution < 1.29 is 5.11 Å². The molecule has 0 radical (unpaired) electrons. The van der Waals surface area contributed by atoms with Crippen LogP contribution in [0.1, 0.15) is 27.9 Å². The minimum Gasteiger partial charge on any atom is -0.493 e. The highest BCUT2D eigenvalue weighted by molar-refractivity contribution is 5.80. The first kappa shape index (κ1) is 15.4. The molecule has 4 aromatic rings. The summed E-state index contributed by atoms with van der Waals surface area (Å²) in [5.41, 5.74) is 6.93. The molecule has 0 amide bonds. The Morgan fingerprint density at radius 1 is 1.04 bits per heavy atom. The molecule has 0 bridgehead atoms. The number of aryl methyl sites for hydroxylation is 3. The number of aromatic nitrogens is 4. The number of aromatic amines is 1. The lowest BCUT2D eigenvalue weighted by molar-refractivity contribution is 0.426. The standard InChI is InChI=1S/C20H20N4O/c1-12-9-10-17-18(13(12)2)22-20(21-17)24-19(25)16(14(3)23-24)11-15-7-5-4-6-8-15/h4-10,25H,11H2,1-3H3,(H,21,22). The SMILES string of the molecule is Cc1ccc2[nH]c(-n3nc(C)c(Cc4ccccc4)c3O)nc2c1C. The van der Waals surface area contributed by atoms with Crippen molar-refractivity contribution >= 4 is 11.0 Å². The van der Waals surface area contributed by atoms with Gasteiger partial charge in [0.2, 0.25) is 11.8 Å². The quantitative estimate of drug-likeness (QED) is 0.596. The highest BCUT2D eigenvalue weighted by Crippen LogP contribution is 2.28. The third-order valence-electron chi connectivity index (χ3n) is 4.75. The fourth-order valence-corrected chi connectivity index (χ4v) is 3.10. The van der Waals surface area contributed by atoms with Crippen LogP contribution >= 0.6 is 0 Å². The van der Waals surface area contributed by atoms with Crippen LogP contribution in [0.4, 0.5) is 0 Å². The number of rotatable bonds is 3. The molecule has 0 aliphatic rings. The number of hydrogen-bond donors (Lipinski definition) is 2. The fourth-order valence-electron chi connectivity index (χ4n) is 3.10. The van der Waals surface area contributed by atoms with E-state index < -0.39 is 0 Å². The second-order valence-corrected chi connectivity index (χ2v) is 6.43. The van der Waals surface area contributed by atoms with Gasteiger partial charge in [-0.2, -0.15) is 9.78 Å². The zero-order chi connectivity index (χ0) is 17.6. The number of benzene rings is 2. The van der Waals surface area contributed by atoms with Gasteiger partial charge in [-0.15, -0.1) is 0 Å². The Kier molecular flexibility index (Phi) is 3.57. The zero-order valence-electron chi connectivity index (χ0n) is 14.5. The van der Waals surface area contributed by atoms with E-state index in [0.29, 0.717) is 12.4 Å². The van der Waals surface area contributed by atoms with Gasteiger partial charge in [0.1, 0.15) is 0 Å². The lowest BCUT2D eigenvalue weighted by Crippen LogP contribution is -1.98. The monoisotopic (exact) mass is 332 g/mol. The average Bonchev–Trinajstić information content (AvgIpc) is 3.16. The second-order valence-electron chi connectivity index (χ2n) is 6.43. The largest absolute Gasteiger partial charge is 0.493 e. The van der Waals surface area contributed by atoms with Gasteiger partial charge in [-0.25, -0.2) is 4.98 Å². The molecule has 0 saturated heterocycles. The molecule has 126 valence electrons. The zero-order valence-corrected chi connectivity index (χ0v) is 14.5. The van der Waals surface area contributed by atoms with Crippen molar-refractivity contribution in [2.75, 3.05) is 0 Å². The van der Waals surface area contributed by atoms with Crippen LogP contribution in [-0.2, 0) is 6.42 Å². The summed E-state index contributed by atoms with van der Waals surface area (Å²) in [7, 11) is 0. The summed E-state index contributed by atoms with van der Waals surface area (Å²) in [5, 5.41) is 15.2. The molecule has 2 aromatic heterocycles. The maximum Gasteiger partial charge on any atom is 0.232 e. The summed E-state index contributed by atoms with van der Waals surface area (Å²) in [6.07, 6.45) is 0.636. The first-order valence-electron chi connectivity index (χ1n) is 8.32. The Morgan fingerprint density at radius 3 is 2.56 bits per heavy atom. The minimum atomic E-state index is 0.134. The van der Waals surface area contributed by atoms with Gasteiger partial charge in [-0.3, -0.25) is 0 Å². The van der Waals surface area contributed by atoms with E-state index >= 15 is 0 Å². The minimum absolute atomic E-state index is 0.134. The van der Waals surface area contributed by atoms with E-state index in [9.17, 15) is 5.11 Å². The summed E-state index contributed by atoms with van der Waals surface area (Å²) in [5.74, 6) is 0.665. The van der Waals surface area contributed by atoms with Gasteiger partial charge in [0.15, 0.2) is 0 Å². The molecule has 5 heteroatoms. The van der Waals surface area contributed by atoms with E-state index in [-0.39, 0.29) is 5.88 Å². The van der Waals surface area contributed by atoms with Crippen LogP contribution in [0.15, 0.2) is 42.5 Å². The molecule has 0 fully saturated rings. The molecular formula is C20H20N4O. The van der Waals surface area contributed by atoms with E-state index in [1.807, 2.05) is 43.3 Å². The smallest absolute Gasteiger partial charge is 0.232 e. The van der Waals surface area contributed by atoms with E-state index in [2.05, 4.69) is 35.0 Å². The maximum absolute atomic E-state index is 10.7. The van der Waals surface area contributed by atoms with Gasteiger partial charge < -0.3 is 10.1 Å². The lowest BCUT2D eigenvalue weighted by Gasteiger charge is -2.02. The number of nitrogens with one attached hydrogen (secondary N) is 1. The molecule has 2 aromatic carbocycles. The molecule has 0 saturated carbocycles. The molecule has 5 nitrogen and oxygen atoms in total. The summed E-state index contributed by atoms with van der Waals surface area (Å²) in [6, 6.07) is 14.1. The van der Waals surface area contributed by atoms with Crippen molar-refractivity contribution in [3.8, 4) is 11.8 Å². The molecule has 0 aliphatic heterocycles. The molecule has 2 N–H and O–H groups in total. The molecule has 0 unspecified atom stereocenters. The molecule has 4 rings (SSSR count). The van der Waals surface area contributed by atoms with Gasteiger partial charge in [-0.1, -0.05) is 36.4 Å². The predicted molar refractivity (Wildman–Crippen MR) is 98.3 cm³/mol. The molecule has 25 heavy (non-hydrogen) atoms. The number of imidazole rings is 1. The summed E-state index contributed by atoms with van der Waals surface area (Å²) in [6.45, 7) is 6.03. The van der Waals surface area contributed by atoms with Crippen LogP contribution in [-0.4, -0.2) is 24.9 Å². The fraction of sp³-hybridized carbons (Fsp3) is 0.200. The molecule has 0 spiro atoms. The first-order chi connectivity index (χ1) is 12.0. The van der Waals surface area contributed by atoms with E-state index in [0.717, 1.165) is 33.4 Å². The number of nitrogens with zero attached hydrogens (tertiary/aromatic N) is 3. The first-order valence-corrected chi connectivity index (χ1v) is 8.32. The average molecular weight is 332 g/mol. The normalized spacial score (nSPS) is 11.3. The van der Waals surface area contributed by atoms with Crippen molar-refractivity contribution in [2.24, 2.45) is 0 Å². The van der Waals surface area contributed by atoms with Gasteiger partial charge in [0.05, 0.1) is 16.7 Å². The lowest BCUT2D eigenvalue weighted by atomic mass is 10.1. The number of hydrogen-bond acceptors (Lipinski definition) is 3. The molecular weight excluding hydrogens is 312 g/mol. The Hall–Kier alpha value is -3.08. The number of aromatic hydroxyl groups is 1. The Bertz CT molecular complexity index is 1060. The van der Waals surface area contributed by atoms with Gasteiger partial charge in [0, 0.05) is 12.0 Å². The van der Waals surface area contributed by atoms with Crippen LogP contribution in [0.5, 0.6) is 5.88 Å². The van der Waals surface area contributed by atoms with Crippen LogP contribution < -0.4 is 0 Å². The van der Waals surface area contributed by atoms with Crippen molar-refractivity contribution in [1.29, 1.82) is 0 Å². The molecule has 0 aliphatic carbocycles. The third-order valence-corrected chi connectivity index (χ3v) is 4.75. The van der Waals surface area contributed by atoms with Crippen LogP contribution in [0.2, 0.25) is 0 Å². The second kappa shape index (κ2) is 5.77. The summed E-state index contributed by atoms with van der Waals surface area (Å²) in [4.78, 5) is 7.91. The topological polar surface area (TPSA) is 66.7 Å². The predicted octanol–water partition coefficient (Wildman–Crippen LogP) is 3.97. The highest BCUT2D eigenvalue weighted by Gasteiger charge is 2.18. The van der Waals surface area contributed by atoms with Crippen molar-refractivity contribution in [1.82, 2.24) is 19.7 Å². The summed E-state index contributed by atoms with van der Waals surface area (Å²) >= 11 is 0. The van der Waals surface area contributed by atoms with Crippen LogP contribution in [0, 0.1) is 20.8 Å². The van der Waals surface area contributed by atoms with Crippen molar-refractivity contribution in [3.05, 3.63) is 70.4 Å². The van der Waals surface area contributed by atoms with Gasteiger partial charge in [-0.05, 0) is 43.5 Å². The Balaban J connectivity index is 1.79. The van der Waals surface area contributed by atoms with E-state index in [4.69, 9.17) is 0 Å². The van der Waals surface area contributed by atoms with E-state index in [1.165, 1.54) is 10.2 Å². The third kappa shape index (κ3) is 2.58. The number of H-pyrrole nitrogens is 1. The van der Waals surface area contributed by atoms with Crippen LogP contribution in [0.3, 0.4) is 0 Å². The summed E-state index contributed by atoms with van der Waals surface area (Å²) < 4.78 is 1.49. The van der Waals surface area contributed by atoms with Crippen molar-refractivity contribution in [2.45, 2.75) is 27.2 Å². The molecule has 2 heterocycles. The van der Waals surface area contributed by atoms with E-state index in [1.54, 1.807) is 0 Å². The Labute approximate surface area is 146 Å². The highest BCUT2D eigenvalue weighted by atomic mass is 16.3. The number of fused-ring (bicyclic) bond motifs is 1. The van der Waals surface area contributed by atoms with Crippen molar-refractivity contribution in [3.63, 3.8) is 0 Å². The molecule has 0 atom stereocenters. The van der Waals surface area contributed by atoms with Crippen LogP contribution in [0.25, 0.3) is 17.0 Å². The maximum atomic E-state index is 10.7. The van der Waals surface area contributed by atoms with Gasteiger partial charge >= 0.3 is 0 Å².